The van der Waals surface area contributed by atoms with Gasteiger partial charge in [0, 0.05) is 34.8 Å². The summed E-state index contributed by atoms with van der Waals surface area (Å²) in [6, 6.07) is 9.09. The molecule has 0 saturated carbocycles. The molecule has 29 heavy (non-hydrogen) atoms. The second kappa shape index (κ2) is 9.55. The number of aromatic nitrogens is 3. The van der Waals surface area contributed by atoms with E-state index in [1.807, 2.05) is 35.3 Å². The largest absolute Gasteiger partial charge is 0.465 e. The summed E-state index contributed by atoms with van der Waals surface area (Å²) in [6.45, 7) is 5.23. The number of hydrogen-bond donors (Lipinski definition) is 0. The Bertz CT molecular complexity index is 1020. The highest BCUT2D eigenvalue weighted by molar-refractivity contribution is 9.08. The van der Waals surface area contributed by atoms with E-state index in [1.54, 1.807) is 12.1 Å². The van der Waals surface area contributed by atoms with Gasteiger partial charge >= 0.3 is 5.97 Å². The van der Waals surface area contributed by atoms with E-state index in [1.165, 1.54) is 7.11 Å². The number of pyridine rings is 1. The van der Waals surface area contributed by atoms with Crippen molar-refractivity contribution in [1.29, 1.82) is 0 Å². The maximum atomic E-state index is 12.3. The minimum absolute atomic E-state index is 0.366. The van der Waals surface area contributed by atoms with Crippen LogP contribution < -0.4 is 0 Å². The summed E-state index contributed by atoms with van der Waals surface area (Å²) in [6.07, 6.45) is 4.90. The minimum atomic E-state index is -0.415. The minimum Gasteiger partial charge on any atom is -0.465 e. The fourth-order valence-corrected chi connectivity index (χ4v) is 3.83. The molecule has 1 aromatic carbocycles. The van der Waals surface area contributed by atoms with Crippen molar-refractivity contribution in [2.24, 2.45) is 5.92 Å². The lowest BCUT2D eigenvalue weighted by atomic mass is 9.94. The number of ether oxygens (including phenoxy) is 1. The van der Waals surface area contributed by atoms with Gasteiger partial charge in [-0.1, -0.05) is 59.6 Å². The zero-order valence-electron chi connectivity index (χ0n) is 16.7. The monoisotopic (exact) mass is 475 g/mol. The number of hydrogen-bond acceptors (Lipinski definition) is 4. The molecular weight excluding hydrogens is 454 g/mol. The summed E-state index contributed by atoms with van der Waals surface area (Å²) in [7, 11) is 1.37. The molecule has 0 N–H and O–H groups in total. The topological polar surface area (TPSA) is 57.0 Å². The van der Waals surface area contributed by atoms with Crippen LogP contribution in [0.3, 0.4) is 0 Å². The quantitative estimate of drug-likeness (QED) is 0.239. The van der Waals surface area contributed by atoms with Gasteiger partial charge in [0.05, 0.1) is 24.6 Å². The van der Waals surface area contributed by atoms with E-state index in [0.717, 1.165) is 29.7 Å². The summed E-state index contributed by atoms with van der Waals surface area (Å²) in [5.74, 6) is 0.182. The van der Waals surface area contributed by atoms with Gasteiger partial charge in [-0.25, -0.2) is 9.78 Å². The second-order valence-electron chi connectivity index (χ2n) is 7.17. The molecule has 0 amide bonds. The first-order chi connectivity index (χ1) is 13.9. The fraction of sp³-hybridized carbons (Fsp3) is 0.318. The predicted octanol–water partition coefficient (Wildman–Crippen LogP) is 5.99. The molecule has 2 aromatic heterocycles. The summed E-state index contributed by atoms with van der Waals surface area (Å²) in [5.41, 5.74) is 4.56. The summed E-state index contributed by atoms with van der Waals surface area (Å²) < 4.78 is 6.91. The molecule has 2 heterocycles. The predicted molar refractivity (Wildman–Crippen MR) is 119 cm³/mol. The van der Waals surface area contributed by atoms with Gasteiger partial charge in [0.2, 0.25) is 0 Å². The molecule has 0 unspecified atom stereocenters. The van der Waals surface area contributed by atoms with Crippen LogP contribution in [-0.2, 0) is 16.6 Å². The number of carbonyl (C=O) groups excluding carboxylic acids is 1. The van der Waals surface area contributed by atoms with Gasteiger partial charge in [-0.15, -0.1) is 0 Å². The van der Waals surface area contributed by atoms with E-state index < -0.39 is 5.97 Å². The summed E-state index contributed by atoms with van der Waals surface area (Å²) in [4.78, 5) is 16.9. The van der Waals surface area contributed by atoms with Crippen molar-refractivity contribution in [3.63, 3.8) is 0 Å². The average Bonchev–Trinajstić information content (AvgIpc) is 3.19. The van der Waals surface area contributed by atoms with Crippen LogP contribution in [0.1, 0.15) is 36.2 Å². The van der Waals surface area contributed by atoms with E-state index >= 15 is 0 Å². The second-order valence-corrected chi connectivity index (χ2v) is 8.12. The van der Waals surface area contributed by atoms with E-state index in [0.29, 0.717) is 33.2 Å². The molecule has 3 aromatic rings. The molecular formula is C22H23BrClN3O2. The zero-order valence-corrected chi connectivity index (χ0v) is 19.0. The van der Waals surface area contributed by atoms with E-state index in [4.69, 9.17) is 16.3 Å². The van der Waals surface area contributed by atoms with Gasteiger partial charge in [0.25, 0.3) is 0 Å². The van der Waals surface area contributed by atoms with Crippen LogP contribution in [0.4, 0.5) is 0 Å². The lowest BCUT2D eigenvalue weighted by molar-refractivity contribution is 0.0601. The first-order valence-corrected chi connectivity index (χ1v) is 10.9. The molecule has 0 fully saturated rings. The molecule has 7 heteroatoms. The van der Waals surface area contributed by atoms with Crippen LogP contribution in [0.5, 0.6) is 0 Å². The SMILES string of the molecule is COC(=O)c1ccccc1-c1nc(Cl)cc(CBr)c1-c1cnn(CCC(C)C)c1. The van der Waals surface area contributed by atoms with Crippen molar-refractivity contribution >= 4 is 33.5 Å². The molecule has 0 radical (unpaired) electrons. The Kier molecular flexibility index (Phi) is 7.09. The van der Waals surface area contributed by atoms with Gasteiger partial charge in [0.15, 0.2) is 0 Å². The summed E-state index contributed by atoms with van der Waals surface area (Å²) in [5, 5.41) is 5.48. The third-order valence-corrected chi connectivity index (χ3v) is 5.46. The van der Waals surface area contributed by atoms with Crippen molar-refractivity contribution in [2.75, 3.05) is 7.11 Å². The van der Waals surface area contributed by atoms with Gasteiger partial charge in [-0.05, 0) is 30.0 Å². The Morgan fingerprint density at radius 1 is 1.31 bits per heavy atom. The Hall–Kier alpha value is -2.18. The van der Waals surface area contributed by atoms with Crippen LogP contribution in [0.2, 0.25) is 5.15 Å². The zero-order chi connectivity index (χ0) is 21.0. The Labute approximate surface area is 184 Å². The molecule has 5 nitrogen and oxygen atoms in total. The van der Waals surface area contributed by atoms with Gasteiger partial charge in [-0.3, -0.25) is 4.68 Å². The molecule has 0 atom stereocenters. The van der Waals surface area contributed by atoms with Crippen molar-refractivity contribution < 1.29 is 9.53 Å². The standard InChI is InChI=1S/C22H23BrClN3O2/c1-14(2)8-9-27-13-16(12-25-27)20-15(11-23)10-19(24)26-21(20)17-6-4-5-7-18(17)22(28)29-3/h4-7,10,12-14H,8-9,11H2,1-3H3. The third-order valence-electron chi connectivity index (χ3n) is 4.66. The van der Waals surface area contributed by atoms with E-state index in [9.17, 15) is 4.79 Å². The number of halogens is 2. The lowest BCUT2D eigenvalue weighted by Crippen LogP contribution is -2.05. The highest BCUT2D eigenvalue weighted by Crippen LogP contribution is 2.37. The van der Waals surface area contributed by atoms with E-state index in [2.05, 4.69) is 39.9 Å². The Morgan fingerprint density at radius 2 is 2.07 bits per heavy atom. The average molecular weight is 477 g/mol. The smallest absolute Gasteiger partial charge is 0.338 e. The Balaban J connectivity index is 2.18. The number of alkyl halides is 1. The van der Waals surface area contributed by atoms with Crippen molar-refractivity contribution in [1.82, 2.24) is 14.8 Å². The highest BCUT2D eigenvalue weighted by Gasteiger charge is 2.21. The number of methoxy groups -OCH3 is 1. The number of benzene rings is 1. The molecule has 0 saturated heterocycles. The number of aryl methyl sites for hydroxylation is 1. The van der Waals surface area contributed by atoms with Crippen LogP contribution in [0.25, 0.3) is 22.4 Å². The fourth-order valence-electron chi connectivity index (χ4n) is 3.17. The molecule has 0 aliphatic rings. The molecule has 152 valence electrons. The van der Waals surface area contributed by atoms with Crippen LogP contribution in [0, 0.1) is 5.92 Å². The first-order valence-electron chi connectivity index (χ1n) is 9.40. The maximum absolute atomic E-state index is 12.3. The Morgan fingerprint density at radius 3 is 2.76 bits per heavy atom. The highest BCUT2D eigenvalue weighted by atomic mass is 79.9. The van der Waals surface area contributed by atoms with Gasteiger partial charge in [0.1, 0.15) is 5.15 Å². The van der Waals surface area contributed by atoms with Crippen molar-refractivity contribution in [2.45, 2.75) is 32.1 Å². The maximum Gasteiger partial charge on any atom is 0.338 e. The molecule has 0 spiro atoms. The number of esters is 1. The van der Waals surface area contributed by atoms with E-state index in [-0.39, 0.29) is 0 Å². The molecule has 0 bridgehead atoms. The number of nitrogens with zero attached hydrogens (tertiary/aromatic N) is 3. The van der Waals surface area contributed by atoms with Crippen LogP contribution in [0.15, 0.2) is 42.7 Å². The molecule has 0 aliphatic carbocycles. The van der Waals surface area contributed by atoms with Crippen molar-refractivity contribution in [3.05, 3.63) is 59.0 Å². The lowest BCUT2D eigenvalue weighted by Gasteiger charge is -2.15. The molecule has 3 rings (SSSR count). The van der Waals surface area contributed by atoms with Crippen molar-refractivity contribution in [3.8, 4) is 22.4 Å². The van der Waals surface area contributed by atoms with Crippen LogP contribution >= 0.6 is 27.5 Å². The van der Waals surface area contributed by atoms with Gasteiger partial charge < -0.3 is 4.74 Å². The first kappa shape index (κ1) is 21.5. The number of rotatable bonds is 7. The normalized spacial score (nSPS) is 11.1. The summed E-state index contributed by atoms with van der Waals surface area (Å²) >= 11 is 9.88. The third kappa shape index (κ3) is 4.87. The van der Waals surface area contributed by atoms with Gasteiger partial charge in [-0.2, -0.15) is 5.10 Å². The molecule has 0 aliphatic heterocycles. The van der Waals surface area contributed by atoms with Crippen LogP contribution in [-0.4, -0.2) is 27.8 Å². The number of carbonyl (C=O) groups is 1.